The molecule has 0 fully saturated rings. The SMILES string of the molecule is Cc1cc(C)c([N+](=O)[O-])c(OCC(=O)c2ccccc2)n1. The number of nitro groups is 1. The average molecular weight is 286 g/mol. The summed E-state index contributed by atoms with van der Waals surface area (Å²) in [6.07, 6.45) is 0. The normalized spacial score (nSPS) is 10.2. The number of aryl methyl sites for hydroxylation is 2. The van der Waals surface area contributed by atoms with Crippen LogP contribution in [0.15, 0.2) is 36.4 Å². The Hall–Kier alpha value is -2.76. The van der Waals surface area contributed by atoms with Gasteiger partial charge in [-0.15, -0.1) is 0 Å². The standard InChI is InChI=1S/C15H14N2O4/c1-10-8-11(2)16-15(14(10)17(19)20)21-9-13(18)12-6-4-3-5-7-12/h3-8H,9H2,1-2H3. The number of carbonyl (C=O) groups excluding carboxylic acids is 1. The second kappa shape index (κ2) is 6.13. The number of aromatic nitrogens is 1. The number of carbonyl (C=O) groups is 1. The van der Waals surface area contributed by atoms with Gasteiger partial charge in [0.1, 0.15) is 0 Å². The number of hydrogen-bond donors (Lipinski definition) is 0. The lowest BCUT2D eigenvalue weighted by atomic mass is 10.1. The summed E-state index contributed by atoms with van der Waals surface area (Å²) in [5.41, 5.74) is 1.33. The van der Waals surface area contributed by atoms with E-state index in [0.29, 0.717) is 16.8 Å². The lowest BCUT2D eigenvalue weighted by Crippen LogP contribution is -2.13. The number of rotatable bonds is 5. The Balaban J connectivity index is 2.20. The van der Waals surface area contributed by atoms with Crippen molar-refractivity contribution in [1.29, 1.82) is 0 Å². The number of benzene rings is 1. The van der Waals surface area contributed by atoms with Crippen LogP contribution in [0.2, 0.25) is 0 Å². The second-order valence-electron chi connectivity index (χ2n) is 4.57. The monoisotopic (exact) mass is 286 g/mol. The Labute approximate surface area is 121 Å². The van der Waals surface area contributed by atoms with Gasteiger partial charge in [0, 0.05) is 16.8 Å². The molecule has 0 unspecified atom stereocenters. The molecule has 21 heavy (non-hydrogen) atoms. The minimum atomic E-state index is -0.551. The first-order valence-electron chi connectivity index (χ1n) is 6.32. The third-order valence-electron chi connectivity index (χ3n) is 2.90. The molecule has 6 heteroatoms. The lowest BCUT2D eigenvalue weighted by Gasteiger charge is -2.08. The minimum Gasteiger partial charge on any atom is -0.464 e. The van der Waals surface area contributed by atoms with Crippen molar-refractivity contribution >= 4 is 11.5 Å². The van der Waals surface area contributed by atoms with Gasteiger partial charge in [-0.05, 0) is 19.9 Å². The third-order valence-corrected chi connectivity index (χ3v) is 2.90. The Kier molecular flexibility index (Phi) is 4.27. The topological polar surface area (TPSA) is 82.3 Å². The lowest BCUT2D eigenvalue weighted by molar-refractivity contribution is -0.386. The molecule has 0 aliphatic rings. The first-order chi connectivity index (χ1) is 9.99. The summed E-state index contributed by atoms with van der Waals surface area (Å²) in [5, 5.41) is 11.1. The van der Waals surface area contributed by atoms with Gasteiger partial charge in [0.15, 0.2) is 12.4 Å². The zero-order chi connectivity index (χ0) is 15.4. The van der Waals surface area contributed by atoms with Crippen LogP contribution in [0.3, 0.4) is 0 Å². The highest BCUT2D eigenvalue weighted by Gasteiger charge is 2.22. The molecule has 108 valence electrons. The molecule has 2 aromatic rings. The number of hydrogen-bond acceptors (Lipinski definition) is 5. The van der Waals surface area contributed by atoms with Gasteiger partial charge in [0.05, 0.1) is 4.92 Å². The van der Waals surface area contributed by atoms with Crippen LogP contribution in [0.25, 0.3) is 0 Å². The predicted octanol–water partition coefficient (Wildman–Crippen LogP) is 2.87. The average Bonchev–Trinajstić information content (AvgIpc) is 2.44. The molecule has 0 N–H and O–H groups in total. The van der Waals surface area contributed by atoms with Gasteiger partial charge in [0.25, 0.3) is 5.88 Å². The van der Waals surface area contributed by atoms with Crippen LogP contribution in [-0.4, -0.2) is 22.3 Å². The Morgan fingerprint density at radius 2 is 1.95 bits per heavy atom. The highest BCUT2D eigenvalue weighted by Crippen LogP contribution is 2.29. The molecule has 0 spiro atoms. The molecule has 0 aliphatic carbocycles. The first kappa shape index (κ1) is 14.6. The maximum Gasteiger partial charge on any atom is 0.333 e. The van der Waals surface area contributed by atoms with Crippen LogP contribution in [0, 0.1) is 24.0 Å². The fourth-order valence-corrected chi connectivity index (χ4v) is 1.96. The van der Waals surface area contributed by atoms with Gasteiger partial charge >= 0.3 is 5.69 Å². The molecule has 0 amide bonds. The minimum absolute atomic E-state index is 0.123. The maximum atomic E-state index is 11.9. The van der Waals surface area contributed by atoms with Crippen molar-refractivity contribution in [3.63, 3.8) is 0 Å². The third kappa shape index (κ3) is 3.42. The van der Waals surface area contributed by atoms with E-state index in [-0.39, 0.29) is 24.0 Å². The summed E-state index contributed by atoms with van der Waals surface area (Å²) in [7, 11) is 0. The molecule has 6 nitrogen and oxygen atoms in total. The van der Waals surface area contributed by atoms with Gasteiger partial charge in [-0.3, -0.25) is 14.9 Å². The quantitative estimate of drug-likeness (QED) is 0.479. The highest BCUT2D eigenvalue weighted by atomic mass is 16.6. The number of pyridine rings is 1. The maximum absolute atomic E-state index is 11.9. The van der Waals surface area contributed by atoms with Crippen molar-refractivity contribution in [1.82, 2.24) is 4.98 Å². The van der Waals surface area contributed by atoms with E-state index in [9.17, 15) is 14.9 Å². The van der Waals surface area contributed by atoms with Gasteiger partial charge in [-0.2, -0.15) is 0 Å². The number of nitrogens with zero attached hydrogens (tertiary/aromatic N) is 2. The molecule has 0 radical (unpaired) electrons. The van der Waals surface area contributed by atoms with Gasteiger partial charge < -0.3 is 4.74 Å². The molecule has 0 atom stereocenters. The van der Waals surface area contributed by atoms with Crippen molar-refractivity contribution in [2.45, 2.75) is 13.8 Å². The highest BCUT2D eigenvalue weighted by molar-refractivity contribution is 5.97. The smallest absolute Gasteiger partial charge is 0.333 e. The van der Waals surface area contributed by atoms with Crippen molar-refractivity contribution in [2.75, 3.05) is 6.61 Å². The molecule has 0 saturated heterocycles. The fourth-order valence-electron chi connectivity index (χ4n) is 1.96. The van der Waals surface area contributed by atoms with E-state index >= 15 is 0 Å². The van der Waals surface area contributed by atoms with Crippen LogP contribution < -0.4 is 4.74 Å². The zero-order valence-electron chi connectivity index (χ0n) is 11.7. The summed E-state index contributed by atoms with van der Waals surface area (Å²) in [6.45, 7) is 3.03. The molecule has 0 bridgehead atoms. The molecule has 1 heterocycles. The van der Waals surface area contributed by atoms with Crippen LogP contribution in [-0.2, 0) is 0 Å². The molecule has 0 saturated carbocycles. The summed E-state index contributed by atoms with van der Waals surface area (Å²) in [4.78, 5) is 26.5. The van der Waals surface area contributed by atoms with Crippen LogP contribution >= 0.6 is 0 Å². The number of ether oxygens (including phenoxy) is 1. The molecule has 0 aliphatic heterocycles. The van der Waals surface area contributed by atoms with Crippen LogP contribution in [0.5, 0.6) is 5.88 Å². The molecule has 2 rings (SSSR count). The summed E-state index contributed by atoms with van der Waals surface area (Å²) in [5.74, 6) is -0.382. The zero-order valence-corrected chi connectivity index (χ0v) is 11.7. The number of ketones is 1. The molecular formula is C15H14N2O4. The van der Waals surface area contributed by atoms with E-state index in [1.807, 2.05) is 0 Å². The van der Waals surface area contributed by atoms with Crippen molar-refractivity contribution in [3.8, 4) is 5.88 Å². The molecule has 1 aromatic heterocycles. The van der Waals surface area contributed by atoms with Crippen molar-refractivity contribution < 1.29 is 14.5 Å². The van der Waals surface area contributed by atoms with E-state index in [4.69, 9.17) is 4.74 Å². The summed E-state index contributed by atoms with van der Waals surface area (Å²) in [6, 6.07) is 10.2. The van der Waals surface area contributed by atoms with Crippen LogP contribution in [0.1, 0.15) is 21.6 Å². The molecule has 1 aromatic carbocycles. The van der Waals surface area contributed by atoms with Crippen molar-refractivity contribution in [3.05, 3.63) is 63.3 Å². The van der Waals surface area contributed by atoms with Gasteiger partial charge in [-0.1, -0.05) is 30.3 Å². The summed E-state index contributed by atoms with van der Waals surface area (Å²) < 4.78 is 5.27. The van der Waals surface area contributed by atoms with E-state index < -0.39 is 4.92 Å². The van der Waals surface area contributed by atoms with E-state index in [2.05, 4.69) is 4.98 Å². The second-order valence-corrected chi connectivity index (χ2v) is 4.57. The van der Waals surface area contributed by atoms with E-state index in [1.165, 1.54) is 0 Å². The Bertz CT molecular complexity index is 684. The van der Waals surface area contributed by atoms with E-state index in [0.717, 1.165) is 0 Å². The first-order valence-corrected chi connectivity index (χ1v) is 6.32. The van der Waals surface area contributed by atoms with Crippen LogP contribution in [0.4, 0.5) is 5.69 Å². The summed E-state index contributed by atoms with van der Waals surface area (Å²) >= 11 is 0. The largest absolute Gasteiger partial charge is 0.464 e. The van der Waals surface area contributed by atoms with Crippen molar-refractivity contribution in [2.24, 2.45) is 0 Å². The Morgan fingerprint density at radius 3 is 2.57 bits per heavy atom. The Morgan fingerprint density at radius 1 is 1.29 bits per heavy atom. The van der Waals surface area contributed by atoms with Gasteiger partial charge in [0.2, 0.25) is 0 Å². The van der Waals surface area contributed by atoms with E-state index in [1.54, 1.807) is 50.2 Å². The predicted molar refractivity (Wildman–Crippen MR) is 76.6 cm³/mol. The van der Waals surface area contributed by atoms with Gasteiger partial charge in [-0.25, -0.2) is 4.98 Å². The fraction of sp³-hybridized carbons (Fsp3) is 0.200. The molecular weight excluding hydrogens is 272 g/mol. The number of Topliss-reactive ketones (excluding diaryl/α,β-unsaturated/α-hetero) is 1.